The normalized spacial score (nSPS) is 12.0. The molecule has 0 saturated carbocycles. The minimum absolute atomic E-state index is 0.362. The fourth-order valence-corrected chi connectivity index (χ4v) is 2.46. The maximum atomic E-state index is 3.63. The smallest absolute Gasteiger partial charge is 0.0511 e. The molecule has 2 aromatic carbocycles. The average molecular weight is 282 g/mol. The van der Waals surface area contributed by atoms with Gasteiger partial charge < -0.3 is 10.2 Å². The molecular weight excluding hydrogens is 256 g/mol. The van der Waals surface area contributed by atoms with Crippen molar-refractivity contribution in [3.8, 4) is 0 Å². The number of rotatable bonds is 6. The molecule has 0 radical (unpaired) electrons. The van der Waals surface area contributed by atoms with Crippen LogP contribution in [0.5, 0.6) is 0 Å². The second-order valence-corrected chi connectivity index (χ2v) is 5.64. The number of nitrogens with zero attached hydrogens (tertiary/aromatic N) is 1. The molecule has 2 nitrogen and oxygen atoms in total. The van der Waals surface area contributed by atoms with Gasteiger partial charge in [-0.25, -0.2) is 0 Å². The summed E-state index contributed by atoms with van der Waals surface area (Å²) in [6.07, 6.45) is 2.16. The Balaban J connectivity index is 2.10. The molecular formula is C19H26N2. The average Bonchev–Trinajstić information content (AvgIpc) is 2.53. The van der Waals surface area contributed by atoms with Crippen LogP contribution in [-0.2, 0) is 6.42 Å². The van der Waals surface area contributed by atoms with Crippen molar-refractivity contribution >= 4 is 11.4 Å². The van der Waals surface area contributed by atoms with Gasteiger partial charge >= 0.3 is 0 Å². The Kier molecular flexibility index (Phi) is 5.26. The van der Waals surface area contributed by atoms with E-state index in [-0.39, 0.29) is 0 Å². The van der Waals surface area contributed by atoms with Crippen LogP contribution in [0.2, 0.25) is 0 Å². The zero-order chi connectivity index (χ0) is 15.2. The fraction of sp³-hybridized carbons (Fsp3) is 0.368. The minimum atomic E-state index is 0.362. The zero-order valence-corrected chi connectivity index (χ0v) is 13.6. The van der Waals surface area contributed by atoms with Gasteiger partial charge in [-0.05, 0) is 48.2 Å². The van der Waals surface area contributed by atoms with Crippen LogP contribution in [0.3, 0.4) is 0 Å². The van der Waals surface area contributed by atoms with E-state index in [1.54, 1.807) is 0 Å². The first kappa shape index (κ1) is 15.4. The first-order valence-corrected chi connectivity index (χ1v) is 7.76. The molecule has 0 aliphatic heterocycles. The molecule has 0 amide bonds. The van der Waals surface area contributed by atoms with Gasteiger partial charge in [0.15, 0.2) is 0 Å². The number of anilines is 2. The molecule has 21 heavy (non-hydrogen) atoms. The zero-order valence-electron chi connectivity index (χ0n) is 13.6. The fourth-order valence-electron chi connectivity index (χ4n) is 2.46. The number of nitrogens with one attached hydrogen (secondary N) is 1. The van der Waals surface area contributed by atoms with Crippen LogP contribution in [0.1, 0.15) is 37.4 Å². The van der Waals surface area contributed by atoms with Gasteiger partial charge in [0.25, 0.3) is 0 Å². The Morgan fingerprint density at radius 1 is 0.905 bits per heavy atom. The van der Waals surface area contributed by atoms with Gasteiger partial charge in [-0.3, -0.25) is 0 Å². The van der Waals surface area contributed by atoms with Gasteiger partial charge in [-0.15, -0.1) is 0 Å². The van der Waals surface area contributed by atoms with Gasteiger partial charge in [0.1, 0.15) is 0 Å². The van der Waals surface area contributed by atoms with Crippen LogP contribution in [0, 0.1) is 0 Å². The van der Waals surface area contributed by atoms with E-state index >= 15 is 0 Å². The molecule has 1 unspecified atom stereocenters. The van der Waals surface area contributed by atoms with Gasteiger partial charge in [0.05, 0.1) is 6.04 Å². The van der Waals surface area contributed by atoms with Crippen molar-refractivity contribution in [3.63, 3.8) is 0 Å². The number of hydrogen-bond acceptors (Lipinski definition) is 2. The lowest BCUT2D eigenvalue weighted by molar-refractivity contribution is 0.749. The molecule has 0 saturated heterocycles. The lowest BCUT2D eigenvalue weighted by Crippen LogP contribution is -2.11. The Labute approximate surface area is 128 Å². The number of hydrogen-bond donors (Lipinski definition) is 1. The predicted molar refractivity (Wildman–Crippen MR) is 93.2 cm³/mol. The van der Waals surface area contributed by atoms with E-state index < -0.39 is 0 Å². The molecule has 0 aromatic heterocycles. The highest BCUT2D eigenvalue weighted by Crippen LogP contribution is 2.24. The van der Waals surface area contributed by atoms with Crippen LogP contribution in [-0.4, -0.2) is 14.1 Å². The summed E-state index contributed by atoms with van der Waals surface area (Å²) in [4.78, 5) is 2.12. The third-order valence-electron chi connectivity index (χ3n) is 3.92. The monoisotopic (exact) mass is 282 g/mol. The summed E-state index contributed by atoms with van der Waals surface area (Å²) in [5.41, 5.74) is 5.14. The van der Waals surface area contributed by atoms with E-state index in [1.165, 1.54) is 22.5 Å². The summed E-state index contributed by atoms with van der Waals surface area (Å²) in [5, 5.41) is 3.63. The molecule has 0 fully saturated rings. The molecule has 0 aliphatic carbocycles. The van der Waals surface area contributed by atoms with Crippen LogP contribution in [0.25, 0.3) is 0 Å². The van der Waals surface area contributed by atoms with Crippen LogP contribution in [0.4, 0.5) is 11.4 Å². The Morgan fingerprint density at radius 3 is 2.00 bits per heavy atom. The van der Waals surface area contributed by atoms with Crippen molar-refractivity contribution in [1.29, 1.82) is 0 Å². The Hall–Kier alpha value is -1.96. The van der Waals surface area contributed by atoms with Gasteiger partial charge in [-0.1, -0.05) is 38.1 Å². The third kappa shape index (κ3) is 4.01. The van der Waals surface area contributed by atoms with Crippen molar-refractivity contribution in [3.05, 3.63) is 59.7 Å². The molecule has 1 atom stereocenters. The maximum absolute atomic E-state index is 3.63. The predicted octanol–water partition coefficient (Wildman–Crippen LogP) is 4.88. The molecule has 112 valence electrons. The summed E-state index contributed by atoms with van der Waals surface area (Å²) in [6.45, 7) is 4.41. The maximum Gasteiger partial charge on any atom is 0.0511 e. The van der Waals surface area contributed by atoms with E-state index in [0.717, 1.165) is 12.8 Å². The summed E-state index contributed by atoms with van der Waals surface area (Å²) in [5.74, 6) is 0. The molecule has 2 aromatic rings. The number of benzene rings is 2. The van der Waals surface area contributed by atoms with Crippen molar-refractivity contribution in [2.24, 2.45) is 0 Å². The minimum Gasteiger partial charge on any atom is -0.378 e. The lowest BCUT2D eigenvalue weighted by Gasteiger charge is -2.20. The van der Waals surface area contributed by atoms with E-state index in [0.29, 0.717) is 6.04 Å². The molecule has 0 aliphatic rings. The molecule has 2 rings (SSSR count). The first-order valence-electron chi connectivity index (χ1n) is 7.76. The van der Waals surface area contributed by atoms with E-state index in [4.69, 9.17) is 0 Å². The Bertz CT molecular complexity index is 541. The number of aryl methyl sites for hydroxylation is 1. The lowest BCUT2D eigenvalue weighted by atomic mass is 10.0. The van der Waals surface area contributed by atoms with Crippen molar-refractivity contribution < 1.29 is 0 Å². The second-order valence-electron chi connectivity index (χ2n) is 5.64. The Morgan fingerprint density at radius 2 is 1.52 bits per heavy atom. The molecule has 0 bridgehead atoms. The molecule has 0 spiro atoms. The van der Waals surface area contributed by atoms with Gasteiger partial charge in [-0.2, -0.15) is 0 Å². The summed E-state index contributed by atoms with van der Waals surface area (Å²) < 4.78 is 0. The quantitative estimate of drug-likeness (QED) is 0.812. The highest BCUT2D eigenvalue weighted by Gasteiger charge is 2.09. The van der Waals surface area contributed by atoms with Crippen LogP contribution >= 0.6 is 0 Å². The second kappa shape index (κ2) is 7.16. The molecule has 0 heterocycles. The van der Waals surface area contributed by atoms with Crippen molar-refractivity contribution in [1.82, 2.24) is 0 Å². The summed E-state index contributed by atoms with van der Waals surface area (Å²) >= 11 is 0. The SMILES string of the molecule is CCc1ccc(C(CC)Nc2ccc(N(C)C)cc2)cc1. The van der Waals surface area contributed by atoms with Crippen LogP contribution in [0.15, 0.2) is 48.5 Å². The third-order valence-corrected chi connectivity index (χ3v) is 3.92. The van der Waals surface area contributed by atoms with E-state index in [9.17, 15) is 0 Å². The standard InChI is InChI=1S/C19H26N2/c1-5-15-7-9-16(10-8-15)19(6-2)20-17-11-13-18(14-12-17)21(3)4/h7-14,19-20H,5-6H2,1-4H3. The molecule has 2 heteroatoms. The van der Waals surface area contributed by atoms with Crippen molar-refractivity contribution in [2.75, 3.05) is 24.3 Å². The van der Waals surface area contributed by atoms with E-state index in [1.807, 2.05) is 0 Å². The topological polar surface area (TPSA) is 15.3 Å². The highest BCUT2D eigenvalue weighted by molar-refractivity contribution is 5.55. The van der Waals surface area contributed by atoms with Gasteiger partial charge in [0, 0.05) is 25.5 Å². The van der Waals surface area contributed by atoms with Gasteiger partial charge in [0.2, 0.25) is 0 Å². The first-order chi connectivity index (χ1) is 10.1. The highest BCUT2D eigenvalue weighted by atomic mass is 15.1. The van der Waals surface area contributed by atoms with E-state index in [2.05, 4.69) is 86.7 Å². The summed E-state index contributed by atoms with van der Waals surface area (Å²) in [6, 6.07) is 17.9. The van der Waals surface area contributed by atoms with Crippen molar-refractivity contribution in [2.45, 2.75) is 32.7 Å². The van der Waals surface area contributed by atoms with Crippen LogP contribution < -0.4 is 10.2 Å². The largest absolute Gasteiger partial charge is 0.378 e. The summed E-state index contributed by atoms with van der Waals surface area (Å²) in [7, 11) is 4.12. The molecule has 1 N–H and O–H groups in total.